The van der Waals surface area contributed by atoms with Gasteiger partial charge < -0.3 is 4.90 Å². The Bertz CT molecular complexity index is 623. The summed E-state index contributed by atoms with van der Waals surface area (Å²) in [6.07, 6.45) is 11.9. The predicted molar refractivity (Wildman–Crippen MR) is 92.7 cm³/mol. The molecule has 2 heterocycles. The van der Waals surface area contributed by atoms with Crippen LogP contribution in [0, 0.1) is 0 Å². The first-order chi connectivity index (χ1) is 11.2. The molecule has 6 heteroatoms. The van der Waals surface area contributed by atoms with E-state index in [0.717, 1.165) is 32.1 Å². The average molecular weight is 330 g/mol. The molecule has 0 aromatic carbocycles. The minimum Gasteiger partial charge on any atom is -0.322 e. The van der Waals surface area contributed by atoms with Crippen LogP contribution in [0.2, 0.25) is 0 Å². The van der Waals surface area contributed by atoms with E-state index in [1.165, 1.54) is 23.3 Å². The van der Waals surface area contributed by atoms with E-state index in [1.807, 2.05) is 29.6 Å². The summed E-state index contributed by atoms with van der Waals surface area (Å²) in [5.41, 5.74) is 1.05. The zero-order chi connectivity index (χ0) is 16.1. The number of carbonyl (C=O) groups is 1. The summed E-state index contributed by atoms with van der Waals surface area (Å²) in [4.78, 5) is 22.9. The number of nitrogens with one attached hydrogen (secondary N) is 1. The van der Waals surface area contributed by atoms with Crippen molar-refractivity contribution >= 4 is 22.5 Å². The molecule has 2 aromatic rings. The van der Waals surface area contributed by atoms with Gasteiger partial charge in [-0.15, -0.1) is 11.3 Å². The molecule has 0 bridgehead atoms. The Morgan fingerprint density at radius 1 is 1.35 bits per heavy atom. The lowest BCUT2D eigenvalue weighted by atomic mass is 9.76. The second-order valence-corrected chi connectivity index (χ2v) is 7.04. The summed E-state index contributed by atoms with van der Waals surface area (Å²) in [5.74, 6) is 0. The van der Waals surface area contributed by atoms with Crippen LogP contribution in [0.4, 0.5) is 9.93 Å². The molecular formula is C17H22N4OS. The van der Waals surface area contributed by atoms with E-state index in [2.05, 4.69) is 21.4 Å². The summed E-state index contributed by atoms with van der Waals surface area (Å²) < 4.78 is 0. The number of urea groups is 1. The molecule has 0 radical (unpaired) electrons. The molecule has 1 aliphatic carbocycles. The number of hydrogen-bond acceptors (Lipinski definition) is 4. The summed E-state index contributed by atoms with van der Waals surface area (Å²) in [7, 11) is 1.91. The standard InChI is InChI=1S/C17H22N4OS/c1-21(16(22)20-15-19-10-11-23-15)17(7-3-2-4-8-17)12-14-6-5-9-18-13-14/h5-6,9-11,13H,2-4,7-8,12H2,1H3,(H,19,20,22). The first-order valence-electron chi connectivity index (χ1n) is 8.03. The highest BCUT2D eigenvalue weighted by Gasteiger charge is 2.38. The molecule has 2 aromatic heterocycles. The van der Waals surface area contributed by atoms with Gasteiger partial charge in [-0.2, -0.15) is 0 Å². The van der Waals surface area contributed by atoms with Gasteiger partial charge in [-0.25, -0.2) is 9.78 Å². The van der Waals surface area contributed by atoms with Crippen LogP contribution in [0.5, 0.6) is 0 Å². The van der Waals surface area contributed by atoms with Crippen LogP contribution >= 0.6 is 11.3 Å². The number of nitrogens with zero attached hydrogens (tertiary/aromatic N) is 3. The summed E-state index contributed by atoms with van der Waals surface area (Å²) in [6, 6.07) is 3.97. The van der Waals surface area contributed by atoms with Crippen molar-refractivity contribution in [2.75, 3.05) is 12.4 Å². The van der Waals surface area contributed by atoms with Crippen molar-refractivity contribution in [1.82, 2.24) is 14.9 Å². The van der Waals surface area contributed by atoms with Gasteiger partial charge in [0.05, 0.1) is 0 Å². The SMILES string of the molecule is CN(C(=O)Nc1nccs1)C1(Cc2cccnc2)CCCCC1. The summed E-state index contributed by atoms with van der Waals surface area (Å²) in [6.45, 7) is 0. The van der Waals surface area contributed by atoms with Crippen molar-refractivity contribution in [2.24, 2.45) is 0 Å². The van der Waals surface area contributed by atoms with Gasteiger partial charge in [-0.3, -0.25) is 10.3 Å². The van der Waals surface area contributed by atoms with Crippen molar-refractivity contribution in [3.05, 3.63) is 41.7 Å². The van der Waals surface area contributed by atoms with E-state index in [9.17, 15) is 4.79 Å². The third kappa shape index (κ3) is 3.69. The fourth-order valence-electron chi connectivity index (χ4n) is 3.40. The molecule has 0 saturated heterocycles. The molecule has 122 valence electrons. The van der Waals surface area contributed by atoms with Gasteiger partial charge in [-0.1, -0.05) is 25.3 Å². The molecule has 1 fully saturated rings. The molecule has 0 spiro atoms. The molecule has 1 aliphatic rings. The minimum atomic E-state index is -0.136. The number of thiazole rings is 1. The van der Waals surface area contributed by atoms with Crippen molar-refractivity contribution < 1.29 is 4.79 Å². The fraction of sp³-hybridized carbons (Fsp3) is 0.471. The summed E-state index contributed by atoms with van der Waals surface area (Å²) in [5, 5.41) is 5.42. The van der Waals surface area contributed by atoms with E-state index in [4.69, 9.17) is 0 Å². The predicted octanol–water partition coefficient (Wildman–Crippen LogP) is 3.95. The van der Waals surface area contributed by atoms with Crippen molar-refractivity contribution in [1.29, 1.82) is 0 Å². The molecule has 5 nitrogen and oxygen atoms in total. The fourth-order valence-corrected chi connectivity index (χ4v) is 3.92. The number of rotatable bonds is 4. The number of aromatic nitrogens is 2. The van der Waals surface area contributed by atoms with E-state index in [1.54, 1.807) is 12.4 Å². The van der Waals surface area contributed by atoms with E-state index < -0.39 is 0 Å². The molecule has 23 heavy (non-hydrogen) atoms. The Balaban J connectivity index is 1.78. The highest BCUT2D eigenvalue weighted by molar-refractivity contribution is 7.13. The largest absolute Gasteiger partial charge is 0.323 e. The van der Waals surface area contributed by atoms with Crippen LogP contribution in [-0.2, 0) is 6.42 Å². The average Bonchev–Trinajstić information content (AvgIpc) is 3.09. The number of amides is 2. The minimum absolute atomic E-state index is 0.0780. The first kappa shape index (κ1) is 15.9. The van der Waals surface area contributed by atoms with E-state index in [-0.39, 0.29) is 11.6 Å². The monoisotopic (exact) mass is 330 g/mol. The topological polar surface area (TPSA) is 58.1 Å². The van der Waals surface area contributed by atoms with Crippen LogP contribution in [0.25, 0.3) is 0 Å². The van der Waals surface area contributed by atoms with Gasteiger partial charge in [0.25, 0.3) is 0 Å². The van der Waals surface area contributed by atoms with Crippen LogP contribution in [0.1, 0.15) is 37.7 Å². The van der Waals surface area contributed by atoms with Gasteiger partial charge in [-0.05, 0) is 30.9 Å². The molecule has 1 saturated carbocycles. The Morgan fingerprint density at radius 2 is 2.17 bits per heavy atom. The molecule has 3 rings (SSSR count). The molecule has 0 aliphatic heterocycles. The van der Waals surface area contributed by atoms with Gasteiger partial charge in [0.2, 0.25) is 0 Å². The van der Waals surface area contributed by atoms with Crippen LogP contribution in [-0.4, -0.2) is 33.5 Å². The number of hydrogen-bond donors (Lipinski definition) is 1. The Hall–Kier alpha value is -1.95. The number of likely N-dealkylation sites (N-methyl/N-ethyl adjacent to an activating group) is 1. The van der Waals surface area contributed by atoms with Crippen molar-refractivity contribution in [3.63, 3.8) is 0 Å². The highest BCUT2D eigenvalue weighted by Crippen LogP contribution is 2.36. The zero-order valence-corrected chi connectivity index (χ0v) is 14.2. The third-order valence-corrected chi connectivity index (χ3v) is 5.39. The maximum Gasteiger partial charge on any atom is 0.323 e. The number of anilines is 1. The Labute approximate surface area is 140 Å². The summed E-state index contributed by atoms with van der Waals surface area (Å²) >= 11 is 1.44. The smallest absolute Gasteiger partial charge is 0.322 e. The number of pyridine rings is 1. The van der Waals surface area contributed by atoms with E-state index in [0.29, 0.717) is 5.13 Å². The quantitative estimate of drug-likeness (QED) is 0.923. The van der Waals surface area contributed by atoms with Crippen LogP contribution in [0.3, 0.4) is 0 Å². The van der Waals surface area contributed by atoms with Gasteiger partial charge >= 0.3 is 6.03 Å². The molecular weight excluding hydrogens is 308 g/mol. The lowest BCUT2D eigenvalue weighted by Gasteiger charge is -2.44. The van der Waals surface area contributed by atoms with Crippen LogP contribution < -0.4 is 5.32 Å². The third-order valence-electron chi connectivity index (χ3n) is 4.70. The zero-order valence-electron chi connectivity index (χ0n) is 13.4. The molecule has 1 N–H and O–H groups in total. The van der Waals surface area contributed by atoms with Crippen molar-refractivity contribution in [2.45, 2.75) is 44.1 Å². The van der Waals surface area contributed by atoms with Gasteiger partial charge in [0, 0.05) is 36.6 Å². The maximum absolute atomic E-state index is 12.7. The second-order valence-electron chi connectivity index (χ2n) is 6.15. The Kier molecular flexibility index (Phi) is 4.91. The van der Waals surface area contributed by atoms with Crippen LogP contribution in [0.15, 0.2) is 36.1 Å². The first-order valence-corrected chi connectivity index (χ1v) is 8.91. The molecule has 0 unspecified atom stereocenters. The number of carbonyl (C=O) groups excluding carboxylic acids is 1. The maximum atomic E-state index is 12.7. The highest BCUT2D eigenvalue weighted by atomic mass is 32.1. The molecule has 2 amide bonds. The normalized spacial score (nSPS) is 16.7. The lowest BCUT2D eigenvalue weighted by Crippen LogP contribution is -2.53. The Morgan fingerprint density at radius 3 is 2.83 bits per heavy atom. The van der Waals surface area contributed by atoms with E-state index >= 15 is 0 Å². The lowest BCUT2D eigenvalue weighted by molar-refractivity contribution is 0.105. The second kappa shape index (κ2) is 7.08. The van der Waals surface area contributed by atoms with Gasteiger partial charge in [0.1, 0.15) is 0 Å². The molecule has 0 atom stereocenters. The van der Waals surface area contributed by atoms with Crippen molar-refractivity contribution in [3.8, 4) is 0 Å². The van der Waals surface area contributed by atoms with Gasteiger partial charge in [0.15, 0.2) is 5.13 Å².